The molecule has 4 heteroatoms. The monoisotopic (exact) mass is 192 g/mol. The molecule has 0 bridgehead atoms. The van der Waals surface area contributed by atoms with Crippen molar-refractivity contribution in [2.45, 2.75) is 50.6 Å². The van der Waals surface area contributed by atoms with Gasteiger partial charge in [-0.2, -0.15) is 0 Å². The molecule has 76 valence electrons. The molecule has 0 spiro atoms. The van der Waals surface area contributed by atoms with Crippen LogP contribution in [-0.2, 0) is 18.5 Å². The van der Waals surface area contributed by atoms with E-state index in [9.17, 15) is 0 Å². The van der Waals surface area contributed by atoms with E-state index in [4.69, 9.17) is 5.73 Å². The van der Waals surface area contributed by atoms with Crippen LogP contribution in [0.2, 0.25) is 0 Å². The average Bonchev–Trinajstić information content (AvgIpc) is 2.58. The SMILES string of the molecule is NC1(c2nnc3n2CCCC3)CCC1. The topological polar surface area (TPSA) is 56.7 Å². The van der Waals surface area contributed by atoms with Crippen LogP contribution < -0.4 is 5.73 Å². The minimum absolute atomic E-state index is 0.150. The van der Waals surface area contributed by atoms with Crippen LogP contribution in [0.15, 0.2) is 0 Å². The Morgan fingerprint density at radius 1 is 1.14 bits per heavy atom. The zero-order valence-electron chi connectivity index (χ0n) is 8.37. The fraction of sp³-hybridized carbons (Fsp3) is 0.800. The van der Waals surface area contributed by atoms with Gasteiger partial charge in [-0.1, -0.05) is 0 Å². The van der Waals surface area contributed by atoms with Gasteiger partial charge in [-0.05, 0) is 32.1 Å². The van der Waals surface area contributed by atoms with Crippen LogP contribution in [0.3, 0.4) is 0 Å². The Balaban J connectivity index is 2.01. The molecule has 2 aliphatic rings. The minimum atomic E-state index is -0.150. The summed E-state index contributed by atoms with van der Waals surface area (Å²) in [5.74, 6) is 2.18. The lowest BCUT2D eigenvalue weighted by atomic mass is 9.77. The van der Waals surface area contributed by atoms with Crippen LogP contribution in [0, 0.1) is 0 Å². The number of aromatic nitrogens is 3. The molecular formula is C10H16N4. The van der Waals surface area contributed by atoms with E-state index in [0.717, 1.165) is 37.5 Å². The highest BCUT2D eigenvalue weighted by atomic mass is 15.3. The van der Waals surface area contributed by atoms with Gasteiger partial charge in [0, 0.05) is 13.0 Å². The summed E-state index contributed by atoms with van der Waals surface area (Å²) < 4.78 is 2.25. The summed E-state index contributed by atoms with van der Waals surface area (Å²) in [6, 6.07) is 0. The van der Waals surface area contributed by atoms with Gasteiger partial charge in [0.2, 0.25) is 0 Å². The average molecular weight is 192 g/mol. The lowest BCUT2D eigenvalue weighted by Crippen LogP contribution is -2.46. The lowest BCUT2D eigenvalue weighted by molar-refractivity contribution is 0.226. The highest BCUT2D eigenvalue weighted by Gasteiger charge is 2.39. The van der Waals surface area contributed by atoms with Crippen LogP contribution >= 0.6 is 0 Å². The van der Waals surface area contributed by atoms with Crippen molar-refractivity contribution in [3.05, 3.63) is 11.6 Å². The summed E-state index contributed by atoms with van der Waals surface area (Å²) in [4.78, 5) is 0. The first-order valence-corrected chi connectivity index (χ1v) is 5.51. The Labute approximate surface area is 83.5 Å². The van der Waals surface area contributed by atoms with Crippen molar-refractivity contribution >= 4 is 0 Å². The maximum absolute atomic E-state index is 6.27. The summed E-state index contributed by atoms with van der Waals surface area (Å²) in [5, 5.41) is 8.52. The molecule has 0 saturated heterocycles. The second-order valence-corrected chi connectivity index (χ2v) is 4.56. The molecule has 0 radical (unpaired) electrons. The Morgan fingerprint density at radius 2 is 2.00 bits per heavy atom. The summed E-state index contributed by atoms with van der Waals surface area (Å²) in [6.07, 6.45) is 6.95. The highest BCUT2D eigenvalue weighted by Crippen LogP contribution is 2.38. The third-order valence-corrected chi connectivity index (χ3v) is 3.55. The predicted octanol–water partition coefficient (Wildman–Crippen LogP) is 0.952. The normalized spacial score (nSPS) is 24.1. The number of nitrogens with zero attached hydrogens (tertiary/aromatic N) is 3. The predicted molar refractivity (Wildman–Crippen MR) is 52.7 cm³/mol. The van der Waals surface area contributed by atoms with Crippen molar-refractivity contribution < 1.29 is 0 Å². The third-order valence-electron chi connectivity index (χ3n) is 3.55. The van der Waals surface area contributed by atoms with Crippen LogP contribution in [0.5, 0.6) is 0 Å². The minimum Gasteiger partial charge on any atom is -0.319 e. The van der Waals surface area contributed by atoms with Crippen LogP contribution in [-0.4, -0.2) is 14.8 Å². The van der Waals surface area contributed by atoms with E-state index in [2.05, 4.69) is 14.8 Å². The summed E-state index contributed by atoms with van der Waals surface area (Å²) in [5.41, 5.74) is 6.12. The van der Waals surface area contributed by atoms with Crippen molar-refractivity contribution in [3.63, 3.8) is 0 Å². The quantitative estimate of drug-likeness (QED) is 0.720. The summed E-state index contributed by atoms with van der Waals surface area (Å²) in [6.45, 7) is 1.07. The van der Waals surface area contributed by atoms with E-state index in [1.165, 1.54) is 19.3 Å². The van der Waals surface area contributed by atoms with E-state index in [0.29, 0.717) is 0 Å². The lowest BCUT2D eigenvalue weighted by Gasteiger charge is -2.37. The number of hydrogen-bond donors (Lipinski definition) is 1. The number of aryl methyl sites for hydroxylation is 1. The summed E-state index contributed by atoms with van der Waals surface area (Å²) >= 11 is 0. The highest BCUT2D eigenvalue weighted by molar-refractivity contribution is 5.13. The van der Waals surface area contributed by atoms with Crippen molar-refractivity contribution in [3.8, 4) is 0 Å². The Kier molecular flexibility index (Phi) is 1.68. The van der Waals surface area contributed by atoms with Crippen molar-refractivity contribution in [1.82, 2.24) is 14.8 Å². The van der Waals surface area contributed by atoms with Crippen molar-refractivity contribution in [2.24, 2.45) is 5.73 Å². The third kappa shape index (κ3) is 1.03. The Morgan fingerprint density at radius 3 is 2.71 bits per heavy atom. The molecule has 3 rings (SSSR count). The van der Waals surface area contributed by atoms with Gasteiger partial charge >= 0.3 is 0 Å². The molecule has 0 unspecified atom stereocenters. The second kappa shape index (κ2) is 2.79. The van der Waals surface area contributed by atoms with Gasteiger partial charge in [-0.3, -0.25) is 0 Å². The number of fused-ring (bicyclic) bond motifs is 1. The first-order chi connectivity index (χ1) is 6.80. The van der Waals surface area contributed by atoms with Gasteiger partial charge in [0.25, 0.3) is 0 Å². The van der Waals surface area contributed by atoms with Gasteiger partial charge < -0.3 is 10.3 Å². The van der Waals surface area contributed by atoms with Gasteiger partial charge in [0.1, 0.15) is 5.82 Å². The number of hydrogen-bond acceptors (Lipinski definition) is 3. The zero-order valence-corrected chi connectivity index (χ0v) is 8.37. The first-order valence-electron chi connectivity index (χ1n) is 5.51. The molecule has 0 atom stereocenters. The van der Waals surface area contributed by atoms with Gasteiger partial charge in [0.05, 0.1) is 5.54 Å². The molecule has 1 aliphatic heterocycles. The molecule has 14 heavy (non-hydrogen) atoms. The molecule has 1 fully saturated rings. The van der Waals surface area contributed by atoms with Crippen molar-refractivity contribution in [1.29, 1.82) is 0 Å². The Bertz CT molecular complexity index is 351. The standard InChI is InChI=1S/C10H16N4/c11-10(5-3-6-10)9-13-12-8-4-1-2-7-14(8)9/h1-7,11H2. The van der Waals surface area contributed by atoms with E-state index in [-0.39, 0.29) is 5.54 Å². The molecule has 1 aromatic heterocycles. The Hall–Kier alpha value is -0.900. The molecule has 0 aromatic carbocycles. The van der Waals surface area contributed by atoms with E-state index in [1.807, 2.05) is 0 Å². The van der Waals surface area contributed by atoms with Gasteiger partial charge in [0.15, 0.2) is 5.82 Å². The fourth-order valence-corrected chi connectivity index (χ4v) is 2.46. The maximum atomic E-state index is 6.27. The van der Waals surface area contributed by atoms with E-state index < -0.39 is 0 Å². The smallest absolute Gasteiger partial charge is 0.153 e. The van der Waals surface area contributed by atoms with Crippen LogP contribution in [0.4, 0.5) is 0 Å². The molecule has 4 nitrogen and oxygen atoms in total. The second-order valence-electron chi connectivity index (χ2n) is 4.56. The molecule has 1 aromatic rings. The van der Waals surface area contributed by atoms with Crippen LogP contribution in [0.25, 0.3) is 0 Å². The molecular weight excluding hydrogens is 176 g/mol. The fourth-order valence-electron chi connectivity index (χ4n) is 2.46. The summed E-state index contributed by atoms with van der Waals surface area (Å²) in [7, 11) is 0. The first kappa shape index (κ1) is 8.41. The largest absolute Gasteiger partial charge is 0.319 e. The molecule has 1 aliphatic carbocycles. The molecule has 0 amide bonds. The number of rotatable bonds is 1. The maximum Gasteiger partial charge on any atom is 0.153 e. The molecule has 2 heterocycles. The van der Waals surface area contributed by atoms with Crippen LogP contribution in [0.1, 0.15) is 43.8 Å². The zero-order chi connectivity index (χ0) is 9.60. The van der Waals surface area contributed by atoms with Crippen molar-refractivity contribution in [2.75, 3.05) is 0 Å². The number of nitrogens with two attached hydrogens (primary N) is 1. The van der Waals surface area contributed by atoms with E-state index >= 15 is 0 Å². The van der Waals surface area contributed by atoms with Gasteiger partial charge in [-0.15, -0.1) is 10.2 Å². The molecule has 1 saturated carbocycles. The van der Waals surface area contributed by atoms with Gasteiger partial charge in [-0.25, -0.2) is 0 Å². The molecule has 2 N–H and O–H groups in total. The van der Waals surface area contributed by atoms with E-state index in [1.54, 1.807) is 0 Å².